The van der Waals surface area contributed by atoms with Gasteiger partial charge in [-0.3, -0.25) is 9.36 Å². The van der Waals surface area contributed by atoms with E-state index < -0.39 is 17.2 Å². The van der Waals surface area contributed by atoms with E-state index in [2.05, 4.69) is 4.98 Å². The van der Waals surface area contributed by atoms with Crippen LogP contribution in [0, 0.1) is 18.6 Å². The fraction of sp³-hybridized carbons (Fsp3) is 0.167. The molecule has 18 heavy (non-hydrogen) atoms. The standard InChI is InChI=1S/C12H9ClF2N2O/c1-7-16-11(13)5-12(18)17(7)6-8-9(14)3-2-4-10(8)15/h2-5H,6H2,1H3. The van der Waals surface area contributed by atoms with E-state index in [1.54, 1.807) is 6.92 Å². The number of aryl methyl sites for hydroxylation is 1. The van der Waals surface area contributed by atoms with Crippen LogP contribution in [0.2, 0.25) is 5.15 Å². The van der Waals surface area contributed by atoms with Gasteiger partial charge in [-0.1, -0.05) is 17.7 Å². The molecule has 6 heteroatoms. The lowest BCUT2D eigenvalue weighted by Crippen LogP contribution is -2.24. The molecule has 0 saturated heterocycles. The molecule has 1 aromatic carbocycles. The van der Waals surface area contributed by atoms with E-state index in [9.17, 15) is 13.6 Å². The Labute approximate surface area is 107 Å². The van der Waals surface area contributed by atoms with E-state index >= 15 is 0 Å². The first-order valence-electron chi connectivity index (χ1n) is 5.16. The van der Waals surface area contributed by atoms with Crippen molar-refractivity contribution in [1.29, 1.82) is 0 Å². The Morgan fingerprint density at radius 1 is 1.33 bits per heavy atom. The van der Waals surface area contributed by atoms with Crippen molar-refractivity contribution < 1.29 is 8.78 Å². The molecule has 0 saturated carbocycles. The van der Waals surface area contributed by atoms with Gasteiger partial charge in [-0.15, -0.1) is 0 Å². The third-order valence-electron chi connectivity index (χ3n) is 2.55. The van der Waals surface area contributed by atoms with Crippen molar-refractivity contribution in [2.45, 2.75) is 13.5 Å². The van der Waals surface area contributed by atoms with Gasteiger partial charge in [-0.2, -0.15) is 0 Å². The summed E-state index contributed by atoms with van der Waals surface area (Å²) in [6.07, 6.45) is 0. The van der Waals surface area contributed by atoms with Crippen LogP contribution in [0.15, 0.2) is 29.1 Å². The minimum absolute atomic E-state index is 0.0581. The van der Waals surface area contributed by atoms with Crippen LogP contribution in [0.3, 0.4) is 0 Å². The second kappa shape index (κ2) is 4.86. The molecular formula is C12H9ClF2N2O. The molecule has 0 unspecified atom stereocenters. The number of aromatic nitrogens is 2. The van der Waals surface area contributed by atoms with Gasteiger partial charge in [0.05, 0.1) is 6.54 Å². The average molecular weight is 271 g/mol. The summed E-state index contributed by atoms with van der Waals surface area (Å²) in [6, 6.07) is 4.65. The summed E-state index contributed by atoms with van der Waals surface area (Å²) in [5.74, 6) is -1.09. The predicted octanol–water partition coefficient (Wildman–Crippen LogP) is 2.53. The molecule has 0 fully saturated rings. The Bertz CT molecular complexity index is 635. The molecule has 1 aromatic heterocycles. The Morgan fingerprint density at radius 2 is 1.94 bits per heavy atom. The highest BCUT2D eigenvalue weighted by Gasteiger charge is 2.12. The number of nitrogens with zero attached hydrogens (tertiary/aromatic N) is 2. The molecular weight excluding hydrogens is 262 g/mol. The van der Waals surface area contributed by atoms with Gasteiger partial charge in [0, 0.05) is 11.6 Å². The van der Waals surface area contributed by atoms with E-state index in [4.69, 9.17) is 11.6 Å². The van der Waals surface area contributed by atoms with Crippen LogP contribution in [0.5, 0.6) is 0 Å². The highest BCUT2D eigenvalue weighted by Crippen LogP contribution is 2.13. The monoisotopic (exact) mass is 270 g/mol. The summed E-state index contributed by atoms with van der Waals surface area (Å²) in [4.78, 5) is 15.6. The summed E-state index contributed by atoms with van der Waals surface area (Å²) in [5, 5.41) is 0.0581. The minimum Gasteiger partial charge on any atom is -0.292 e. The zero-order chi connectivity index (χ0) is 13.3. The van der Waals surface area contributed by atoms with E-state index in [1.807, 2.05) is 0 Å². The van der Waals surface area contributed by atoms with Crippen LogP contribution in [0.1, 0.15) is 11.4 Å². The zero-order valence-corrected chi connectivity index (χ0v) is 10.2. The zero-order valence-electron chi connectivity index (χ0n) is 9.45. The number of halogens is 3. The van der Waals surface area contributed by atoms with E-state index in [0.29, 0.717) is 5.82 Å². The van der Waals surface area contributed by atoms with Crippen LogP contribution in [0.25, 0.3) is 0 Å². The Balaban J connectivity index is 2.50. The fourth-order valence-corrected chi connectivity index (χ4v) is 1.84. The maximum Gasteiger partial charge on any atom is 0.255 e. The molecule has 0 bridgehead atoms. The molecule has 0 aliphatic heterocycles. The number of rotatable bonds is 2. The van der Waals surface area contributed by atoms with Gasteiger partial charge in [0.25, 0.3) is 5.56 Å². The van der Waals surface area contributed by atoms with Crippen molar-refractivity contribution in [3.05, 3.63) is 62.8 Å². The molecule has 0 spiro atoms. The highest BCUT2D eigenvalue weighted by atomic mass is 35.5. The second-order valence-corrected chi connectivity index (χ2v) is 4.14. The van der Waals surface area contributed by atoms with E-state index in [0.717, 1.165) is 22.8 Å². The normalized spacial score (nSPS) is 10.7. The van der Waals surface area contributed by atoms with Crippen LogP contribution < -0.4 is 5.56 Å². The number of hydrogen-bond acceptors (Lipinski definition) is 2. The summed E-state index contributed by atoms with van der Waals surface area (Å²) in [6.45, 7) is 1.33. The summed E-state index contributed by atoms with van der Waals surface area (Å²) in [7, 11) is 0. The predicted molar refractivity (Wildman–Crippen MR) is 63.7 cm³/mol. The van der Waals surface area contributed by atoms with Crippen molar-refractivity contribution >= 4 is 11.6 Å². The number of hydrogen-bond donors (Lipinski definition) is 0. The van der Waals surface area contributed by atoms with E-state index in [1.165, 1.54) is 6.07 Å². The lowest BCUT2D eigenvalue weighted by Gasteiger charge is -2.10. The van der Waals surface area contributed by atoms with Crippen molar-refractivity contribution in [2.75, 3.05) is 0 Å². The Kier molecular flexibility index (Phi) is 3.43. The lowest BCUT2D eigenvalue weighted by molar-refractivity contribution is 0.537. The molecule has 0 N–H and O–H groups in total. The van der Waals surface area contributed by atoms with Gasteiger partial charge in [-0.05, 0) is 19.1 Å². The van der Waals surface area contributed by atoms with E-state index in [-0.39, 0.29) is 17.3 Å². The van der Waals surface area contributed by atoms with Crippen LogP contribution in [0.4, 0.5) is 8.78 Å². The maximum atomic E-state index is 13.5. The van der Waals surface area contributed by atoms with Crippen LogP contribution in [-0.2, 0) is 6.54 Å². The molecule has 0 atom stereocenters. The molecule has 1 heterocycles. The van der Waals surface area contributed by atoms with Crippen molar-refractivity contribution in [3.8, 4) is 0 Å². The molecule has 3 nitrogen and oxygen atoms in total. The third-order valence-corrected chi connectivity index (χ3v) is 2.74. The highest BCUT2D eigenvalue weighted by molar-refractivity contribution is 6.29. The van der Waals surface area contributed by atoms with Gasteiger partial charge in [-0.25, -0.2) is 13.8 Å². The van der Waals surface area contributed by atoms with Crippen LogP contribution >= 0.6 is 11.6 Å². The second-order valence-electron chi connectivity index (χ2n) is 3.75. The lowest BCUT2D eigenvalue weighted by atomic mass is 10.2. The van der Waals surface area contributed by atoms with Gasteiger partial charge in [0.1, 0.15) is 22.6 Å². The Hall–Kier alpha value is -1.75. The quantitative estimate of drug-likeness (QED) is 0.786. The fourth-order valence-electron chi connectivity index (χ4n) is 1.62. The third kappa shape index (κ3) is 2.41. The van der Waals surface area contributed by atoms with Crippen molar-refractivity contribution in [2.24, 2.45) is 0 Å². The summed E-state index contributed by atoms with van der Waals surface area (Å²) < 4.78 is 28.1. The topological polar surface area (TPSA) is 34.9 Å². The van der Waals surface area contributed by atoms with Gasteiger partial charge in [0.2, 0.25) is 0 Å². The molecule has 0 aliphatic rings. The molecule has 2 rings (SSSR count). The molecule has 0 radical (unpaired) electrons. The largest absolute Gasteiger partial charge is 0.292 e. The van der Waals surface area contributed by atoms with Gasteiger partial charge < -0.3 is 0 Å². The minimum atomic E-state index is -0.698. The van der Waals surface area contributed by atoms with Crippen LogP contribution in [-0.4, -0.2) is 9.55 Å². The first-order valence-corrected chi connectivity index (χ1v) is 5.53. The molecule has 2 aromatic rings. The maximum absolute atomic E-state index is 13.5. The average Bonchev–Trinajstić information content (AvgIpc) is 2.26. The first-order chi connectivity index (χ1) is 8.49. The smallest absolute Gasteiger partial charge is 0.255 e. The SMILES string of the molecule is Cc1nc(Cl)cc(=O)n1Cc1c(F)cccc1F. The van der Waals surface area contributed by atoms with Crippen molar-refractivity contribution in [1.82, 2.24) is 9.55 Å². The number of benzene rings is 1. The van der Waals surface area contributed by atoms with Gasteiger partial charge >= 0.3 is 0 Å². The summed E-state index contributed by atoms with van der Waals surface area (Å²) >= 11 is 5.62. The molecule has 0 amide bonds. The molecule has 0 aliphatic carbocycles. The van der Waals surface area contributed by atoms with Gasteiger partial charge in [0.15, 0.2) is 0 Å². The first kappa shape index (κ1) is 12.7. The molecule has 94 valence electrons. The summed E-state index contributed by atoms with van der Waals surface area (Å²) in [5.41, 5.74) is -0.623. The Morgan fingerprint density at radius 3 is 2.50 bits per heavy atom. The van der Waals surface area contributed by atoms with Crippen molar-refractivity contribution in [3.63, 3.8) is 0 Å².